The number of aliphatic hydroxyl groups is 2. The zero-order chi connectivity index (χ0) is 35.7. The zero-order valence-electron chi connectivity index (χ0n) is 31.3. The smallest absolute Gasteiger partial charge is 0.335 e. The summed E-state index contributed by atoms with van der Waals surface area (Å²) in [7, 11) is 0. The number of hydrogen-bond donors (Lipinski definition) is 2. The molecule has 3 aliphatic carbocycles. The summed E-state index contributed by atoms with van der Waals surface area (Å²) in [6.45, 7) is 9.11. The molecule has 0 spiro atoms. The van der Waals surface area contributed by atoms with Gasteiger partial charge in [0.15, 0.2) is 0 Å². The van der Waals surface area contributed by atoms with Gasteiger partial charge in [0.25, 0.3) is 0 Å². The second kappa shape index (κ2) is 21.8. The van der Waals surface area contributed by atoms with Crippen molar-refractivity contribution in [2.45, 2.75) is 147 Å². The lowest BCUT2D eigenvalue weighted by Gasteiger charge is -2.41. The van der Waals surface area contributed by atoms with Crippen LogP contribution in [0.1, 0.15) is 158 Å². The number of ether oxygens (including phenoxy) is 2. The number of carbonyl (C=O) groups excluding carboxylic acids is 2. The van der Waals surface area contributed by atoms with Gasteiger partial charge in [0, 0.05) is 0 Å². The minimum absolute atomic E-state index is 0.0606. The highest BCUT2D eigenvalue weighted by molar-refractivity contribution is 5.88. The van der Waals surface area contributed by atoms with E-state index >= 15 is 0 Å². The Kier molecular flexibility index (Phi) is 17.6. The fourth-order valence-electron chi connectivity index (χ4n) is 9.48. The number of carbonyl (C=O) groups is 2. The average Bonchev–Trinajstić information content (AvgIpc) is 3.17. The fourth-order valence-corrected chi connectivity index (χ4v) is 9.48. The van der Waals surface area contributed by atoms with Gasteiger partial charge in [-0.25, -0.2) is 9.59 Å². The van der Waals surface area contributed by atoms with Gasteiger partial charge in [-0.1, -0.05) is 82.9 Å². The minimum Gasteiger partial charge on any atom is -0.462 e. The Morgan fingerprint density at radius 3 is 1.54 bits per heavy atom. The van der Waals surface area contributed by atoms with Crippen LogP contribution in [-0.2, 0) is 19.1 Å². The number of hydrogen-bond acceptors (Lipinski definition) is 6. The van der Waals surface area contributed by atoms with Gasteiger partial charge in [-0.2, -0.15) is 0 Å². The second-order valence-electron chi connectivity index (χ2n) is 16.0. The van der Waals surface area contributed by atoms with E-state index in [1.807, 2.05) is 0 Å². The summed E-state index contributed by atoms with van der Waals surface area (Å²) in [6, 6.07) is 9.19. The van der Waals surface area contributed by atoms with Gasteiger partial charge in [0.2, 0.25) is 0 Å². The standard InChI is InChI=1S/C44H68O6/c1-4-5-6-9-34-12-14-36(15-13-34)38-20-22-40(23-21-38)42-26-24-41(25-27-42)39-18-16-37(17-19-39)35(10-7-28-49-43(47)32(2)30-45)11-8-29-50-44(48)33(3)31-46/h16-19,34-36,38,40-42,45-46H,2-15,20-31H2,1H3. The van der Waals surface area contributed by atoms with Crippen molar-refractivity contribution in [1.82, 2.24) is 0 Å². The number of rotatable bonds is 20. The van der Waals surface area contributed by atoms with Gasteiger partial charge in [-0.05, 0) is 142 Å². The van der Waals surface area contributed by atoms with Crippen LogP contribution in [0.5, 0.6) is 0 Å². The van der Waals surface area contributed by atoms with Crippen LogP contribution in [0.2, 0.25) is 0 Å². The lowest BCUT2D eigenvalue weighted by atomic mass is 9.64. The molecule has 0 amide bonds. The monoisotopic (exact) mass is 693 g/mol. The molecule has 0 aliphatic heterocycles. The van der Waals surface area contributed by atoms with Crippen molar-refractivity contribution in [1.29, 1.82) is 0 Å². The molecule has 0 saturated heterocycles. The van der Waals surface area contributed by atoms with E-state index in [4.69, 9.17) is 19.7 Å². The quantitative estimate of drug-likeness (QED) is 0.0803. The largest absolute Gasteiger partial charge is 0.462 e. The summed E-state index contributed by atoms with van der Waals surface area (Å²) >= 11 is 0. The van der Waals surface area contributed by atoms with Gasteiger partial charge < -0.3 is 19.7 Å². The number of aliphatic hydroxyl groups excluding tert-OH is 2. The summed E-state index contributed by atoms with van der Waals surface area (Å²) in [5.74, 6) is 4.66. The molecule has 280 valence electrons. The van der Waals surface area contributed by atoms with E-state index in [1.54, 1.807) is 0 Å². The Bertz CT molecular complexity index is 1130. The fraction of sp³-hybridized carbons (Fsp3) is 0.727. The molecular weight excluding hydrogens is 624 g/mol. The third kappa shape index (κ3) is 12.7. The van der Waals surface area contributed by atoms with Crippen molar-refractivity contribution >= 4 is 11.9 Å². The Labute approximate surface area is 303 Å². The Morgan fingerprint density at radius 2 is 1.10 bits per heavy atom. The Hall–Kier alpha value is -2.44. The van der Waals surface area contributed by atoms with Crippen LogP contribution in [0.15, 0.2) is 48.6 Å². The summed E-state index contributed by atoms with van der Waals surface area (Å²) in [5, 5.41) is 18.2. The minimum atomic E-state index is -0.558. The summed E-state index contributed by atoms with van der Waals surface area (Å²) in [6.07, 6.45) is 26.0. The summed E-state index contributed by atoms with van der Waals surface area (Å²) in [4.78, 5) is 23.8. The lowest BCUT2D eigenvalue weighted by Crippen LogP contribution is -2.29. The molecule has 0 aromatic heterocycles. The van der Waals surface area contributed by atoms with Crippen LogP contribution in [0.25, 0.3) is 0 Å². The van der Waals surface area contributed by atoms with Crippen molar-refractivity contribution in [2.24, 2.45) is 29.6 Å². The molecule has 50 heavy (non-hydrogen) atoms. The van der Waals surface area contributed by atoms with Crippen molar-refractivity contribution in [3.8, 4) is 0 Å². The normalized spacial score (nSPS) is 25.6. The Balaban J connectivity index is 1.21. The predicted molar refractivity (Wildman–Crippen MR) is 202 cm³/mol. The first-order valence-corrected chi connectivity index (χ1v) is 20.3. The topological polar surface area (TPSA) is 93.1 Å². The molecule has 1 aromatic carbocycles. The van der Waals surface area contributed by atoms with Crippen molar-refractivity contribution in [2.75, 3.05) is 26.4 Å². The predicted octanol–water partition coefficient (Wildman–Crippen LogP) is 9.98. The molecule has 0 unspecified atom stereocenters. The van der Waals surface area contributed by atoms with Gasteiger partial charge in [0.05, 0.1) is 37.6 Å². The van der Waals surface area contributed by atoms with E-state index in [0.717, 1.165) is 42.4 Å². The third-order valence-corrected chi connectivity index (χ3v) is 12.7. The highest BCUT2D eigenvalue weighted by Crippen LogP contribution is 2.47. The van der Waals surface area contributed by atoms with E-state index in [1.165, 1.54) is 114 Å². The molecule has 0 atom stereocenters. The molecule has 3 aliphatic rings. The van der Waals surface area contributed by atoms with Crippen LogP contribution in [0.4, 0.5) is 0 Å². The van der Waals surface area contributed by atoms with E-state index in [0.29, 0.717) is 18.8 Å². The molecule has 3 saturated carbocycles. The van der Waals surface area contributed by atoms with Crippen LogP contribution in [0.3, 0.4) is 0 Å². The van der Waals surface area contributed by atoms with Crippen LogP contribution in [0, 0.1) is 29.6 Å². The first-order chi connectivity index (χ1) is 24.3. The van der Waals surface area contributed by atoms with E-state index in [9.17, 15) is 9.59 Å². The average molecular weight is 693 g/mol. The summed E-state index contributed by atoms with van der Waals surface area (Å²) < 4.78 is 10.6. The lowest BCUT2D eigenvalue weighted by molar-refractivity contribution is -0.140. The first-order valence-electron chi connectivity index (χ1n) is 20.3. The Morgan fingerprint density at radius 1 is 0.660 bits per heavy atom. The van der Waals surface area contributed by atoms with Crippen molar-refractivity contribution in [3.63, 3.8) is 0 Å². The molecule has 3 fully saturated rings. The van der Waals surface area contributed by atoms with Crippen molar-refractivity contribution < 1.29 is 29.3 Å². The second-order valence-corrected chi connectivity index (χ2v) is 16.0. The maximum Gasteiger partial charge on any atom is 0.335 e. The molecule has 2 N–H and O–H groups in total. The SMILES string of the molecule is C=C(CO)C(=O)OCCCC(CCCOC(=O)C(=C)CO)c1ccc(C2CCC(C3CCC(C4CCC(CCCCC)CC4)CC3)CC2)cc1. The molecule has 1 aromatic rings. The highest BCUT2D eigenvalue weighted by atomic mass is 16.5. The third-order valence-electron chi connectivity index (χ3n) is 12.7. The van der Waals surface area contributed by atoms with Crippen LogP contribution in [-0.4, -0.2) is 48.6 Å². The van der Waals surface area contributed by atoms with Gasteiger partial charge in [-0.15, -0.1) is 0 Å². The van der Waals surface area contributed by atoms with E-state index < -0.39 is 25.2 Å². The molecule has 6 heteroatoms. The zero-order valence-corrected chi connectivity index (χ0v) is 31.3. The van der Waals surface area contributed by atoms with E-state index in [2.05, 4.69) is 44.3 Å². The maximum atomic E-state index is 11.9. The first kappa shape index (κ1) is 40.3. The molecule has 6 nitrogen and oxygen atoms in total. The van der Waals surface area contributed by atoms with Crippen LogP contribution < -0.4 is 0 Å². The molecule has 0 bridgehead atoms. The van der Waals surface area contributed by atoms with Crippen molar-refractivity contribution in [3.05, 3.63) is 59.7 Å². The number of benzene rings is 1. The maximum absolute atomic E-state index is 11.9. The molecule has 0 radical (unpaired) electrons. The molecular formula is C44H68O6. The van der Waals surface area contributed by atoms with Gasteiger partial charge >= 0.3 is 11.9 Å². The van der Waals surface area contributed by atoms with Crippen LogP contribution >= 0.6 is 0 Å². The molecule has 0 heterocycles. The van der Waals surface area contributed by atoms with Gasteiger partial charge in [-0.3, -0.25) is 0 Å². The summed E-state index contributed by atoms with van der Waals surface area (Å²) in [5.41, 5.74) is 2.82. The molecule has 4 rings (SSSR count). The number of unbranched alkanes of at least 4 members (excludes halogenated alkanes) is 2. The number of esters is 2. The van der Waals surface area contributed by atoms with E-state index in [-0.39, 0.29) is 30.3 Å². The van der Waals surface area contributed by atoms with Gasteiger partial charge in [0.1, 0.15) is 0 Å². The highest BCUT2D eigenvalue weighted by Gasteiger charge is 2.35.